The van der Waals surface area contributed by atoms with Gasteiger partial charge >= 0.3 is 5.97 Å². The number of hydrogen-bond acceptors (Lipinski definition) is 4. The summed E-state index contributed by atoms with van der Waals surface area (Å²) in [5, 5.41) is 2.04. The normalized spacial score (nSPS) is 24.8. The smallest absolute Gasteiger partial charge is 0.330 e. The van der Waals surface area contributed by atoms with Crippen molar-refractivity contribution >= 4 is 18.6 Å². The zero-order chi connectivity index (χ0) is 10.1. The van der Waals surface area contributed by atoms with Crippen molar-refractivity contribution in [2.75, 3.05) is 13.1 Å². The number of hydroxylamine groups is 2. The Morgan fingerprint density at radius 3 is 2.54 bits per heavy atom. The van der Waals surface area contributed by atoms with Gasteiger partial charge in [-0.3, -0.25) is 0 Å². The summed E-state index contributed by atoms with van der Waals surface area (Å²) in [5.74, 6) is -0.171. The predicted molar refractivity (Wildman–Crippen MR) is 54.5 cm³/mol. The van der Waals surface area contributed by atoms with Gasteiger partial charge in [0.25, 0.3) is 0 Å². The van der Waals surface area contributed by atoms with Crippen LogP contribution in [0.15, 0.2) is 0 Å². The monoisotopic (exact) mass is 203 g/mol. The molecule has 0 aromatic heterocycles. The maximum absolute atomic E-state index is 11.4. The summed E-state index contributed by atoms with van der Waals surface area (Å²) >= 11 is 4.31. The standard InChI is InChI=1S/C9H17NO2S/c1-9(2,3)8(11)12-10-5-4-7(13)6-10/h7,13H,4-6H2,1-3H3/t7-/m0/s1. The van der Waals surface area contributed by atoms with E-state index in [0.717, 1.165) is 19.5 Å². The quantitative estimate of drug-likeness (QED) is 0.655. The minimum atomic E-state index is -0.422. The van der Waals surface area contributed by atoms with Crippen LogP contribution in [-0.2, 0) is 9.63 Å². The highest BCUT2D eigenvalue weighted by Gasteiger charge is 2.29. The van der Waals surface area contributed by atoms with E-state index in [1.165, 1.54) is 0 Å². The molecule has 1 heterocycles. The molecule has 0 aromatic carbocycles. The van der Waals surface area contributed by atoms with Gasteiger partial charge in [0.1, 0.15) is 0 Å². The van der Waals surface area contributed by atoms with Crippen LogP contribution < -0.4 is 0 Å². The second kappa shape index (κ2) is 3.88. The van der Waals surface area contributed by atoms with Crippen molar-refractivity contribution in [3.63, 3.8) is 0 Å². The number of nitrogens with zero attached hydrogens (tertiary/aromatic N) is 1. The zero-order valence-electron chi connectivity index (χ0n) is 8.41. The highest BCUT2D eigenvalue weighted by Crippen LogP contribution is 2.20. The average molecular weight is 203 g/mol. The molecule has 0 radical (unpaired) electrons. The summed E-state index contributed by atoms with van der Waals surface area (Å²) in [6, 6.07) is 0. The molecular weight excluding hydrogens is 186 g/mol. The number of carbonyl (C=O) groups excluding carboxylic acids is 1. The van der Waals surface area contributed by atoms with Crippen molar-refractivity contribution in [3.05, 3.63) is 0 Å². The fourth-order valence-electron chi connectivity index (χ4n) is 1.05. The van der Waals surface area contributed by atoms with Crippen molar-refractivity contribution in [2.45, 2.75) is 32.4 Å². The van der Waals surface area contributed by atoms with Crippen LogP contribution in [0, 0.1) is 5.41 Å². The molecule has 13 heavy (non-hydrogen) atoms. The largest absolute Gasteiger partial charge is 0.367 e. The lowest BCUT2D eigenvalue weighted by Crippen LogP contribution is -2.32. The van der Waals surface area contributed by atoms with E-state index in [-0.39, 0.29) is 5.97 Å². The summed E-state index contributed by atoms with van der Waals surface area (Å²) in [6.45, 7) is 7.09. The molecule has 0 aliphatic carbocycles. The first-order valence-electron chi connectivity index (χ1n) is 4.55. The van der Waals surface area contributed by atoms with E-state index in [1.807, 2.05) is 20.8 Å². The van der Waals surface area contributed by atoms with Crippen LogP contribution >= 0.6 is 12.6 Å². The van der Waals surface area contributed by atoms with E-state index in [2.05, 4.69) is 12.6 Å². The van der Waals surface area contributed by atoms with Crippen molar-refractivity contribution in [1.82, 2.24) is 5.06 Å². The molecule has 0 spiro atoms. The van der Waals surface area contributed by atoms with Crippen LogP contribution in [0.4, 0.5) is 0 Å². The summed E-state index contributed by atoms with van der Waals surface area (Å²) in [5.41, 5.74) is -0.422. The highest BCUT2D eigenvalue weighted by atomic mass is 32.1. The maximum Gasteiger partial charge on any atom is 0.330 e. The predicted octanol–water partition coefficient (Wildman–Crippen LogP) is 1.49. The molecule has 1 saturated heterocycles. The minimum absolute atomic E-state index is 0.171. The van der Waals surface area contributed by atoms with E-state index in [0.29, 0.717) is 5.25 Å². The molecule has 0 amide bonds. The molecule has 1 aliphatic heterocycles. The number of thiol groups is 1. The fourth-order valence-corrected chi connectivity index (χ4v) is 1.35. The summed E-state index contributed by atoms with van der Waals surface area (Å²) < 4.78 is 0. The van der Waals surface area contributed by atoms with E-state index >= 15 is 0 Å². The molecular formula is C9H17NO2S. The lowest BCUT2D eigenvalue weighted by Gasteiger charge is -2.21. The Balaban J connectivity index is 2.37. The molecule has 76 valence electrons. The van der Waals surface area contributed by atoms with Gasteiger partial charge in [-0.15, -0.1) is 5.06 Å². The van der Waals surface area contributed by atoms with Crippen LogP contribution in [0.25, 0.3) is 0 Å². The lowest BCUT2D eigenvalue weighted by atomic mass is 9.98. The van der Waals surface area contributed by atoms with E-state index in [1.54, 1.807) is 5.06 Å². The van der Waals surface area contributed by atoms with Gasteiger partial charge < -0.3 is 4.84 Å². The van der Waals surface area contributed by atoms with Gasteiger partial charge in [-0.2, -0.15) is 12.6 Å². The SMILES string of the molecule is CC(C)(C)C(=O)ON1CC[C@H](S)C1. The minimum Gasteiger partial charge on any atom is -0.367 e. The Labute approximate surface area is 84.8 Å². The first-order valence-corrected chi connectivity index (χ1v) is 5.06. The molecule has 0 unspecified atom stereocenters. The van der Waals surface area contributed by atoms with Crippen molar-refractivity contribution in [2.24, 2.45) is 5.41 Å². The number of rotatable bonds is 1. The second-order valence-corrected chi connectivity index (χ2v) is 5.19. The van der Waals surface area contributed by atoms with Crippen LogP contribution in [0.5, 0.6) is 0 Å². The molecule has 0 aromatic rings. The first-order chi connectivity index (χ1) is 5.89. The lowest BCUT2D eigenvalue weighted by molar-refractivity contribution is -0.195. The molecule has 0 bridgehead atoms. The van der Waals surface area contributed by atoms with Gasteiger partial charge in [-0.1, -0.05) is 0 Å². The van der Waals surface area contributed by atoms with Crippen molar-refractivity contribution < 1.29 is 9.63 Å². The Morgan fingerprint density at radius 2 is 2.15 bits per heavy atom. The molecule has 3 nitrogen and oxygen atoms in total. The molecule has 0 N–H and O–H groups in total. The Hall–Kier alpha value is -0.220. The summed E-state index contributed by atoms with van der Waals surface area (Å²) in [4.78, 5) is 16.6. The zero-order valence-corrected chi connectivity index (χ0v) is 9.30. The van der Waals surface area contributed by atoms with Gasteiger partial charge in [0.15, 0.2) is 0 Å². The third-order valence-corrected chi connectivity index (χ3v) is 2.37. The van der Waals surface area contributed by atoms with Crippen LogP contribution in [0.1, 0.15) is 27.2 Å². The Morgan fingerprint density at radius 1 is 1.54 bits per heavy atom. The summed E-state index contributed by atoms with van der Waals surface area (Å²) in [6.07, 6.45) is 0.987. The third-order valence-electron chi connectivity index (χ3n) is 1.95. The van der Waals surface area contributed by atoms with Crippen LogP contribution in [-0.4, -0.2) is 29.4 Å². The Kier molecular flexibility index (Phi) is 3.24. The molecule has 1 aliphatic rings. The highest BCUT2D eigenvalue weighted by molar-refractivity contribution is 7.81. The van der Waals surface area contributed by atoms with Gasteiger partial charge in [0.2, 0.25) is 0 Å². The second-order valence-electron chi connectivity index (χ2n) is 4.46. The van der Waals surface area contributed by atoms with Crippen molar-refractivity contribution in [1.29, 1.82) is 0 Å². The molecule has 1 atom stereocenters. The van der Waals surface area contributed by atoms with E-state index in [9.17, 15) is 4.79 Å². The van der Waals surface area contributed by atoms with Crippen LogP contribution in [0.2, 0.25) is 0 Å². The maximum atomic E-state index is 11.4. The summed E-state index contributed by atoms with van der Waals surface area (Å²) in [7, 11) is 0. The van der Waals surface area contributed by atoms with Gasteiger partial charge in [0, 0.05) is 18.3 Å². The third kappa shape index (κ3) is 3.19. The molecule has 4 heteroatoms. The Bertz CT molecular complexity index is 200. The number of carbonyl (C=O) groups is 1. The molecule has 0 saturated carbocycles. The van der Waals surface area contributed by atoms with E-state index in [4.69, 9.17) is 4.84 Å². The average Bonchev–Trinajstić information content (AvgIpc) is 2.33. The van der Waals surface area contributed by atoms with Crippen molar-refractivity contribution in [3.8, 4) is 0 Å². The van der Waals surface area contributed by atoms with Gasteiger partial charge in [-0.05, 0) is 27.2 Å². The number of hydrogen-bond donors (Lipinski definition) is 1. The van der Waals surface area contributed by atoms with E-state index < -0.39 is 5.41 Å². The van der Waals surface area contributed by atoms with Crippen LogP contribution in [0.3, 0.4) is 0 Å². The van der Waals surface area contributed by atoms with Gasteiger partial charge in [-0.25, -0.2) is 4.79 Å². The topological polar surface area (TPSA) is 29.5 Å². The first kappa shape index (κ1) is 10.9. The molecule has 1 fully saturated rings. The molecule has 1 rings (SSSR count). The fraction of sp³-hybridized carbons (Fsp3) is 0.889. The van der Waals surface area contributed by atoms with Gasteiger partial charge in [0.05, 0.1) is 5.41 Å².